The first-order valence-electron chi connectivity index (χ1n) is 15.8. The molecule has 7 aromatic carbocycles. The van der Waals surface area contributed by atoms with Gasteiger partial charge >= 0.3 is 0 Å². The van der Waals surface area contributed by atoms with E-state index in [1.165, 1.54) is 16.2 Å². The number of para-hydroxylation sites is 4. The average molecular weight is 600 g/mol. The molecule has 0 spiro atoms. The van der Waals surface area contributed by atoms with Gasteiger partial charge in [-0.15, -0.1) is 0 Å². The first kappa shape index (κ1) is 25.7. The average Bonchev–Trinajstić information content (AvgIpc) is 3.79. The molecular weight excluding hydrogens is 574 g/mol. The first-order chi connectivity index (χ1) is 23.3. The molecular formula is C43H25N3O. The van der Waals surface area contributed by atoms with E-state index >= 15 is 0 Å². The Labute approximate surface area is 269 Å². The Balaban J connectivity index is 1.12. The Kier molecular flexibility index (Phi) is 5.32. The molecule has 4 nitrogen and oxygen atoms in total. The van der Waals surface area contributed by atoms with Crippen molar-refractivity contribution in [1.82, 2.24) is 9.13 Å². The van der Waals surface area contributed by atoms with Crippen molar-refractivity contribution in [3.05, 3.63) is 157 Å². The van der Waals surface area contributed by atoms with Crippen LogP contribution in [0.5, 0.6) is 0 Å². The van der Waals surface area contributed by atoms with Gasteiger partial charge in [0.1, 0.15) is 11.7 Å². The van der Waals surface area contributed by atoms with Crippen LogP contribution in [0.2, 0.25) is 0 Å². The highest BCUT2D eigenvalue weighted by atomic mass is 16.3. The van der Waals surface area contributed by atoms with E-state index in [1.54, 1.807) is 0 Å². The normalized spacial score (nSPS) is 11.8. The van der Waals surface area contributed by atoms with Gasteiger partial charge in [-0.05, 0) is 65.7 Å². The largest absolute Gasteiger partial charge is 0.454 e. The molecule has 3 heterocycles. The molecule has 4 heteroatoms. The van der Waals surface area contributed by atoms with Gasteiger partial charge in [0, 0.05) is 38.0 Å². The lowest BCUT2D eigenvalue weighted by molar-refractivity contribution is 0.671. The molecule has 0 amide bonds. The van der Waals surface area contributed by atoms with E-state index in [1.807, 2.05) is 18.2 Å². The molecule has 0 unspecified atom stereocenters. The molecule has 10 rings (SSSR count). The summed E-state index contributed by atoms with van der Waals surface area (Å²) in [5, 5.41) is 17.3. The minimum absolute atomic E-state index is 0.632. The van der Waals surface area contributed by atoms with Crippen molar-refractivity contribution in [1.29, 1.82) is 5.26 Å². The molecule has 218 valence electrons. The van der Waals surface area contributed by atoms with Crippen LogP contribution in [0.25, 0.3) is 88.1 Å². The van der Waals surface area contributed by atoms with Gasteiger partial charge in [0.25, 0.3) is 0 Å². The molecule has 0 saturated heterocycles. The number of aromatic nitrogens is 2. The van der Waals surface area contributed by atoms with Gasteiger partial charge in [-0.1, -0.05) is 97.1 Å². The zero-order valence-corrected chi connectivity index (χ0v) is 25.2. The van der Waals surface area contributed by atoms with Crippen LogP contribution < -0.4 is 0 Å². The zero-order valence-electron chi connectivity index (χ0n) is 25.2. The molecule has 0 radical (unpaired) electrons. The maximum atomic E-state index is 10.4. The van der Waals surface area contributed by atoms with Gasteiger partial charge in [-0.2, -0.15) is 5.26 Å². The van der Waals surface area contributed by atoms with Crippen molar-refractivity contribution in [2.75, 3.05) is 0 Å². The minimum Gasteiger partial charge on any atom is -0.454 e. The molecule has 0 aliphatic heterocycles. The van der Waals surface area contributed by atoms with Crippen molar-refractivity contribution in [3.63, 3.8) is 0 Å². The molecule has 47 heavy (non-hydrogen) atoms. The van der Waals surface area contributed by atoms with Gasteiger partial charge in [0.15, 0.2) is 5.58 Å². The van der Waals surface area contributed by atoms with Crippen molar-refractivity contribution in [2.24, 2.45) is 0 Å². The Morgan fingerprint density at radius 2 is 1.02 bits per heavy atom. The number of hydrogen-bond donors (Lipinski definition) is 0. The molecule has 0 N–H and O–H groups in total. The summed E-state index contributed by atoms with van der Waals surface area (Å²) in [4.78, 5) is 0. The van der Waals surface area contributed by atoms with Crippen LogP contribution in [-0.2, 0) is 0 Å². The maximum absolute atomic E-state index is 10.4. The lowest BCUT2D eigenvalue weighted by Gasteiger charge is -2.13. The summed E-state index contributed by atoms with van der Waals surface area (Å²) in [5.74, 6) is 0. The van der Waals surface area contributed by atoms with Crippen LogP contribution >= 0.6 is 0 Å². The number of nitriles is 1. The smallest absolute Gasteiger partial charge is 0.160 e. The van der Waals surface area contributed by atoms with Gasteiger partial charge < -0.3 is 13.6 Å². The Morgan fingerprint density at radius 1 is 0.468 bits per heavy atom. The fourth-order valence-electron chi connectivity index (χ4n) is 7.48. The second kappa shape index (κ2) is 9.71. The number of rotatable bonds is 3. The minimum atomic E-state index is 0.632. The number of benzene rings is 7. The van der Waals surface area contributed by atoms with Crippen LogP contribution in [0.1, 0.15) is 5.56 Å². The summed E-state index contributed by atoms with van der Waals surface area (Å²) in [6.45, 7) is 0. The Bertz CT molecular complexity index is 2860. The summed E-state index contributed by atoms with van der Waals surface area (Å²) >= 11 is 0. The topological polar surface area (TPSA) is 46.8 Å². The first-order valence-corrected chi connectivity index (χ1v) is 15.8. The summed E-state index contributed by atoms with van der Waals surface area (Å²) in [5.41, 5.74) is 10.8. The summed E-state index contributed by atoms with van der Waals surface area (Å²) < 4.78 is 11.0. The third-order valence-electron chi connectivity index (χ3n) is 9.58. The third-order valence-corrected chi connectivity index (χ3v) is 9.58. The van der Waals surface area contributed by atoms with Crippen LogP contribution in [0.15, 0.2) is 156 Å². The van der Waals surface area contributed by atoms with E-state index in [-0.39, 0.29) is 0 Å². The van der Waals surface area contributed by atoms with Crippen molar-refractivity contribution < 1.29 is 4.42 Å². The van der Waals surface area contributed by atoms with Crippen LogP contribution in [0, 0.1) is 11.3 Å². The van der Waals surface area contributed by atoms with Gasteiger partial charge in [0.05, 0.1) is 33.3 Å². The van der Waals surface area contributed by atoms with E-state index in [9.17, 15) is 5.26 Å². The highest BCUT2D eigenvalue weighted by Crippen LogP contribution is 2.40. The number of fused-ring (bicyclic) bond motifs is 10. The van der Waals surface area contributed by atoms with Crippen molar-refractivity contribution in [3.8, 4) is 28.6 Å². The zero-order chi connectivity index (χ0) is 31.1. The predicted molar refractivity (Wildman–Crippen MR) is 193 cm³/mol. The van der Waals surface area contributed by atoms with E-state index < -0.39 is 0 Å². The lowest BCUT2D eigenvalue weighted by atomic mass is 10.0. The number of furan rings is 1. The summed E-state index contributed by atoms with van der Waals surface area (Å²) in [7, 11) is 0. The van der Waals surface area contributed by atoms with E-state index in [2.05, 4.69) is 149 Å². The Morgan fingerprint density at radius 3 is 1.70 bits per heavy atom. The fourth-order valence-corrected chi connectivity index (χ4v) is 7.48. The lowest BCUT2D eigenvalue weighted by Crippen LogP contribution is -1.98. The quantitative estimate of drug-likeness (QED) is 0.203. The van der Waals surface area contributed by atoms with Crippen LogP contribution in [0.3, 0.4) is 0 Å². The second-order valence-corrected chi connectivity index (χ2v) is 12.0. The number of hydrogen-bond acceptors (Lipinski definition) is 2. The third kappa shape index (κ3) is 3.63. The monoisotopic (exact) mass is 599 g/mol. The van der Waals surface area contributed by atoms with Crippen molar-refractivity contribution >= 4 is 65.6 Å². The molecule has 10 aromatic rings. The fraction of sp³-hybridized carbons (Fsp3) is 0. The number of nitrogens with zero attached hydrogens (tertiary/aromatic N) is 3. The summed E-state index contributed by atoms with van der Waals surface area (Å²) in [6, 6.07) is 55.2. The van der Waals surface area contributed by atoms with E-state index in [0.29, 0.717) is 5.56 Å². The standard InChI is InChI=1S/C43H25N3O/c44-26-29-25-28(19-24-37(29)46-39-14-6-1-9-31(39)32-10-2-7-15-40(32)46)27-17-20-30(21-18-27)45-38-13-5-3-11-33(38)35-22-23-36-34-12-4-8-16-41(34)47-43(36)42(35)45/h1-25H. The van der Waals surface area contributed by atoms with Gasteiger partial charge in [0.2, 0.25) is 0 Å². The van der Waals surface area contributed by atoms with E-state index in [0.717, 1.165) is 71.9 Å². The van der Waals surface area contributed by atoms with Crippen LogP contribution in [0.4, 0.5) is 0 Å². The second-order valence-electron chi connectivity index (χ2n) is 12.0. The maximum Gasteiger partial charge on any atom is 0.160 e. The van der Waals surface area contributed by atoms with Crippen LogP contribution in [-0.4, -0.2) is 9.13 Å². The van der Waals surface area contributed by atoms with Gasteiger partial charge in [-0.3, -0.25) is 0 Å². The SMILES string of the molecule is N#Cc1cc(-c2ccc(-n3c4ccccc4c4ccc5c6ccccc6oc5c43)cc2)ccc1-n1c2ccccc2c2ccccc21. The molecule has 0 aliphatic carbocycles. The van der Waals surface area contributed by atoms with E-state index in [4.69, 9.17) is 4.42 Å². The molecule has 3 aromatic heterocycles. The predicted octanol–water partition coefficient (Wildman–Crippen LogP) is 11.3. The molecule has 0 atom stereocenters. The highest BCUT2D eigenvalue weighted by Gasteiger charge is 2.19. The molecule has 0 bridgehead atoms. The van der Waals surface area contributed by atoms with Crippen molar-refractivity contribution in [2.45, 2.75) is 0 Å². The molecule has 0 fully saturated rings. The molecule has 0 saturated carbocycles. The summed E-state index contributed by atoms with van der Waals surface area (Å²) in [6.07, 6.45) is 0. The Hall–Kier alpha value is -6.57. The molecule has 0 aliphatic rings. The highest BCUT2D eigenvalue weighted by molar-refractivity contribution is 6.21. The van der Waals surface area contributed by atoms with Gasteiger partial charge in [-0.25, -0.2) is 0 Å².